The Bertz CT molecular complexity index is 421. The van der Waals surface area contributed by atoms with E-state index in [9.17, 15) is 0 Å². The first-order valence-corrected chi connectivity index (χ1v) is 7.46. The van der Waals surface area contributed by atoms with E-state index in [-0.39, 0.29) is 0 Å². The van der Waals surface area contributed by atoms with Gasteiger partial charge >= 0.3 is 0 Å². The van der Waals surface area contributed by atoms with E-state index in [1.807, 2.05) is 0 Å². The molecule has 2 unspecified atom stereocenters. The SMILES string of the molecule is COCCc1ccccc1NC1CCN2CCCC12. The van der Waals surface area contributed by atoms with Crippen molar-refractivity contribution in [2.75, 3.05) is 32.1 Å². The minimum Gasteiger partial charge on any atom is -0.384 e. The summed E-state index contributed by atoms with van der Waals surface area (Å²) in [5.74, 6) is 0. The van der Waals surface area contributed by atoms with Crippen molar-refractivity contribution in [1.82, 2.24) is 4.90 Å². The van der Waals surface area contributed by atoms with Crippen molar-refractivity contribution < 1.29 is 4.74 Å². The summed E-state index contributed by atoms with van der Waals surface area (Å²) in [5, 5.41) is 3.79. The van der Waals surface area contributed by atoms with Crippen molar-refractivity contribution in [1.29, 1.82) is 0 Å². The maximum absolute atomic E-state index is 5.20. The first-order valence-electron chi connectivity index (χ1n) is 7.46. The predicted octanol–water partition coefficient (Wildman–Crippen LogP) is 2.52. The largest absolute Gasteiger partial charge is 0.384 e. The second-order valence-electron chi connectivity index (χ2n) is 5.68. The standard InChI is InChI=1S/C16H24N2O/c1-19-12-9-13-5-2-3-6-14(13)17-15-8-11-18-10-4-7-16(15)18/h2-3,5-6,15-17H,4,7-12H2,1H3. The van der Waals surface area contributed by atoms with Gasteiger partial charge in [-0.1, -0.05) is 18.2 Å². The molecule has 104 valence electrons. The highest BCUT2D eigenvalue weighted by molar-refractivity contribution is 5.52. The summed E-state index contributed by atoms with van der Waals surface area (Å²) in [6.07, 6.45) is 5.00. The Morgan fingerprint density at radius 2 is 2.16 bits per heavy atom. The van der Waals surface area contributed by atoms with Gasteiger partial charge in [0.1, 0.15) is 0 Å². The van der Waals surface area contributed by atoms with Crippen LogP contribution < -0.4 is 5.32 Å². The predicted molar refractivity (Wildman–Crippen MR) is 78.6 cm³/mol. The maximum atomic E-state index is 5.20. The zero-order valence-electron chi connectivity index (χ0n) is 11.8. The molecule has 2 saturated heterocycles. The van der Waals surface area contributed by atoms with Crippen molar-refractivity contribution in [2.45, 2.75) is 37.8 Å². The Balaban J connectivity index is 1.69. The minimum absolute atomic E-state index is 0.631. The van der Waals surface area contributed by atoms with Crippen molar-refractivity contribution >= 4 is 5.69 Å². The molecule has 3 heteroatoms. The lowest BCUT2D eigenvalue weighted by Crippen LogP contribution is -2.34. The second kappa shape index (κ2) is 5.93. The second-order valence-corrected chi connectivity index (χ2v) is 5.68. The lowest BCUT2D eigenvalue weighted by Gasteiger charge is -2.23. The monoisotopic (exact) mass is 260 g/mol. The third-order valence-electron chi connectivity index (χ3n) is 4.54. The molecule has 0 aliphatic carbocycles. The van der Waals surface area contributed by atoms with Crippen LogP contribution in [-0.4, -0.2) is 43.8 Å². The number of rotatable bonds is 5. The molecule has 0 saturated carbocycles. The van der Waals surface area contributed by atoms with Gasteiger partial charge in [-0.3, -0.25) is 4.90 Å². The van der Waals surface area contributed by atoms with Gasteiger partial charge in [-0.05, 0) is 43.9 Å². The third-order valence-corrected chi connectivity index (χ3v) is 4.54. The number of hydrogen-bond donors (Lipinski definition) is 1. The van der Waals surface area contributed by atoms with Gasteiger partial charge in [-0.2, -0.15) is 0 Å². The molecule has 2 heterocycles. The summed E-state index contributed by atoms with van der Waals surface area (Å²) in [5.41, 5.74) is 2.68. The highest BCUT2D eigenvalue weighted by Gasteiger charge is 2.37. The molecule has 1 aromatic carbocycles. The summed E-state index contributed by atoms with van der Waals surface area (Å²) >= 11 is 0. The molecule has 3 nitrogen and oxygen atoms in total. The van der Waals surface area contributed by atoms with Gasteiger partial charge in [0.25, 0.3) is 0 Å². The molecule has 2 atom stereocenters. The molecule has 2 fully saturated rings. The fourth-order valence-electron chi connectivity index (χ4n) is 3.54. The summed E-state index contributed by atoms with van der Waals surface area (Å²) < 4.78 is 5.20. The lowest BCUT2D eigenvalue weighted by molar-refractivity contribution is 0.202. The number of para-hydroxylation sites is 1. The molecule has 19 heavy (non-hydrogen) atoms. The average Bonchev–Trinajstić information content (AvgIpc) is 3.03. The summed E-state index contributed by atoms with van der Waals surface area (Å²) in [4.78, 5) is 2.65. The first-order chi connectivity index (χ1) is 9.38. The number of hydrogen-bond acceptors (Lipinski definition) is 3. The van der Waals surface area contributed by atoms with Gasteiger partial charge in [-0.25, -0.2) is 0 Å². The highest BCUT2D eigenvalue weighted by atomic mass is 16.5. The quantitative estimate of drug-likeness (QED) is 0.880. The molecular formula is C16H24N2O. The van der Waals surface area contributed by atoms with Gasteiger partial charge in [0.2, 0.25) is 0 Å². The fraction of sp³-hybridized carbons (Fsp3) is 0.625. The van der Waals surface area contributed by atoms with E-state index in [0.717, 1.165) is 19.1 Å². The topological polar surface area (TPSA) is 24.5 Å². The van der Waals surface area contributed by atoms with E-state index in [2.05, 4.69) is 34.5 Å². The number of nitrogens with one attached hydrogen (secondary N) is 1. The van der Waals surface area contributed by atoms with Crippen molar-refractivity contribution in [3.05, 3.63) is 29.8 Å². The molecule has 0 aromatic heterocycles. The third kappa shape index (κ3) is 2.77. The van der Waals surface area contributed by atoms with Crippen molar-refractivity contribution in [3.63, 3.8) is 0 Å². The van der Waals surface area contributed by atoms with Crippen LogP contribution in [0, 0.1) is 0 Å². The molecule has 0 radical (unpaired) electrons. The van der Waals surface area contributed by atoms with E-state index < -0.39 is 0 Å². The Hall–Kier alpha value is -1.06. The molecule has 2 aliphatic heterocycles. The molecule has 3 rings (SSSR count). The van der Waals surface area contributed by atoms with Gasteiger partial charge in [0, 0.05) is 31.4 Å². The number of nitrogens with zero attached hydrogens (tertiary/aromatic N) is 1. The van der Waals surface area contributed by atoms with Crippen LogP contribution in [0.25, 0.3) is 0 Å². The van der Waals surface area contributed by atoms with E-state index in [1.165, 1.54) is 43.6 Å². The molecular weight excluding hydrogens is 236 g/mol. The molecule has 1 aromatic rings. The van der Waals surface area contributed by atoms with Crippen molar-refractivity contribution in [3.8, 4) is 0 Å². The molecule has 2 aliphatic rings. The Labute approximate surface area is 115 Å². The van der Waals surface area contributed by atoms with Crippen LogP contribution in [0.2, 0.25) is 0 Å². The normalized spacial score (nSPS) is 26.6. The number of ether oxygens (including phenoxy) is 1. The number of anilines is 1. The molecule has 0 amide bonds. The van der Waals surface area contributed by atoms with E-state index in [0.29, 0.717) is 6.04 Å². The first kappa shape index (κ1) is 12.9. The minimum atomic E-state index is 0.631. The number of fused-ring (bicyclic) bond motifs is 1. The number of methoxy groups -OCH3 is 1. The van der Waals surface area contributed by atoms with Crippen LogP contribution in [0.4, 0.5) is 5.69 Å². The smallest absolute Gasteiger partial charge is 0.0503 e. The van der Waals surface area contributed by atoms with Crippen LogP contribution in [0.5, 0.6) is 0 Å². The van der Waals surface area contributed by atoms with Gasteiger partial charge in [0.05, 0.1) is 6.61 Å². The van der Waals surface area contributed by atoms with Crippen LogP contribution in [0.1, 0.15) is 24.8 Å². The fourth-order valence-corrected chi connectivity index (χ4v) is 3.54. The molecule has 0 bridgehead atoms. The van der Waals surface area contributed by atoms with Crippen LogP contribution in [0.15, 0.2) is 24.3 Å². The highest BCUT2D eigenvalue weighted by Crippen LogP contribution is 2.30. The Morgan fingerprint density at radius 1 is 1.26 bits per heavy atom. The van der Waals surface area contributed by atoms with Gasteiger partial charge in [0.15, 0.2) is 0 Å². The van der Waals surface area contributed by atoms with Gasteiger partial charge in [-0.15, -0.1) is 0 Å². The number of benzene rings is 1. The maximum Gasteiger partial charge on any atom is 0.0503 e. The lowest BCUT2D eigenvalue weighted by atomic mass is 10.0. The summed E-state index contributed by atoms with van der Waals surface area (Å²) in [6.45, 7) is 3.36. The van der Waals surface area contributed by atoms with E-state index >= 15 is 0 Å². The van der Waals surface area contributed by atoms with Crippen molar-refractivity contribution in [2.24, 2.45) is 0 Å². The van der Waals surface area contributed by atoms with Crippen LogP contribution in [0.3, 0.4) is 0 Å². The average molecular weight is 260 g/mol. The molecule has 0 spiro atoms. The zero-order valence-corrected chi connectivity index (χ0v) is 11.8. The Kier molecular flexibility index (Phi) is 4.04. The van der Waals surface area contributed by atoms with Gasteiger partial charge < -0.3 is 10.1 Å². The van der Waals surface area contributed by atoms with E-state index in [4.69, 9.17) is 4.74 Å². The van der Waals surface area contributed by atoms with Crippen LogP contribution in [-0.2, 0) is 11.2 Å². The molecule has 1 N–H and O–H groups in total. The zero-order chi connectivity index (χ0) is 13.1. The van der Waals surface area contributed by atoms with E-state index in [1.54, 1.807) is 7.11 Å². The Morgan fingerprint density at radius 3 is 3.05 bits per heavy atom. The summed E-state index contributed by atoms with van der Waals surface area (Å²) in [7, 11) is 1.77. The summed E-state index contributed by atoms with van der Waals surface area (Å²) in [6, 6.07) is 10.1. The van der Waals surface area contributed by atoms with Crippen LogP contribution >= 0.6 is 0 Å².